The Hall–Kier alpha value is -2.35. The highest BCUT2D eigenvalue weighted by atomic mass is 16.5. The Morgan fingerprint density at radius 3 is 2.32 bits per heavy atom. The van der Waals surface area contributed by atoms with Crippen molar-refractivity contribution in [2.45, 2.75) is 38.0 Å². The average Bonchev–Trinajstić information content (AvgIpc) is 2.68. The number of allylic oxidation sites excluding steroid dienone is 1. The number of hydrogen-bond acceptors (Lipinski definition) is 2. The number of ether oxygens (including phenoxy) is 1. The average molecular weight is 333 g/mol. The smallest absolute Gasteiger partial charge is 0.119 e. The molecule has 1 heterocycles. The molecule has 1 aliphatic rings. The third-order valence-electron chi connectivity index (χ3n) is 5.12. The number of rotatable bonds is 7. The zero-order valence-electron chi connectivity index (χ0n) is 14.9. The van der Waals surface area contributed by atoms with Gasteiger partial charge in [0.05, 0.1) is 5.69 Å². The molecule has 0 saturated heterocycles. The molecule has 2 heteroatoms. The Bertz CT molecular complexity index is 679. The first-order valence-electron chi connectivity index (χ1n) is 9.21. The molecule has 0 radical (unpaired) electrons. The second-order valence-corrected chi connectivity index (χ2v) is 6.84. The minimum Gasteiger partial charge on any atom is -0.490 e. The molecule has 0 bridgehead atoms. The van der Waals surface area contributed by atoms with Crippen LogP contribution in [0.1, 0.15) is 43.6 Å². The van der Waals surface area contributed by atoms with Crippen LogP contribution in [0.2, 0.25) is 0 Å². The molecule has 130 valence electrons. The van der Waals surface area contributed by atoms with Crippen molar-refractivity contribution in [2.24, 2.45) is 5.92 Å². The SMILES string of the molecule is C=CCOc1ccc(-c2ccc(C3CCC(CC=C)CC3)cn2)cc1. The van der Waals surface area contributed by atoms with Crippen LogP contribution >= 0.6 is 0 Å². The maximum absolute atomic E-state index is 5.53. The van der Waals surface area contributed by atoms with Crippen LogP contribution in [0.5, 0.6) is 5.75 Å². The zero-order chi connectivity index (χ0) is 17.5. The summed E-state index contributed by atoms with van der Waals surface area (Å²) in [4.78, 5) is 4.70. The molecule has 3 rings (SSSR count). The van der Waals surface area contributed by atoms with Gasteiger partial charge in [-0.2, -0.15) is 0 Å². The highest BCUT2D eigenvalue weighted by Gasteiger charge is 2.21. The lowest BCUT2D eigenvalue weighted by atomic mass is 9.78. The van der Waals surface area contributed by atoms with E-state index in [1.807, 2.05) is 12.1 Å². The van der Waals surface area contributed by atoms with Gasteiger partial charge in [0, 0.05) is 11.8 Å². The van der Waals surface area contributed by atoms with Gasteiger partial charge >= 0.3 is 0 Å². The third kappa shape index (κ3) is 4.60. The minimum absolute atomic E-state index is 0.529. The van der Waals surface area contributed by atoms with E-state index in [-0.39, 0.29) is 0 Å². The largest absolute Gasteiger partial charge is 0.490 e. The molecule has 2 nitrogen and oxygen atoms in total. The number of nitrogens with zero attached hydrogens (tertiary/aromatic N) is 1. The number of aromatic nitrogens is 1. The molecule has 1 aromatic carbocycles. The van der Waals surface area contributed by atoms with Crippen LogP contribution in [-0.4, -0.2) is 11.6 Å². The van der Waals surface area contributed by atoms with Crippen molar-refractivity contribution in [3.05, 3.63) is 73.5 Å². The van der Waals surface area contributed by atoms with Crippen LogP contribution in [0.25, 0.3) is 11.3 Å². The van der Waals surface area contributed by atoms with Gasteiger partial charge in [0.1, 0.15) is 12.4 Å². The molecule has 0 amide bonds. The van der Waals surface area contributed by atoms with Crippen LogP contribution in [0.15, 0.2) is 67.9 Å². The summed E-state index contributed by atoms with van der Waals surface area (Å²) in [6.07, 6.45) is 12.2. The molecular weight excluding hydrogens is 306 g/mol. The number of pyridine rings is 1. The van der Waals surface area contributed by atoms with Crippen molar-refractivity contribution >= 4 is 0 Å². The Kier molecular flexibility index (Phi) is 6.05. The van der Waals surface area contributed by atoms with Crippen molar-refractivity contribution in [3.63, 3.8) is 0 Å². The highest BCUT2D eigenvalue weighted by molar-refractivity contribution is 5.60. The Morgan fingerprint density at radius 1 is 0.960 bits per heavy atom. The minimum atomic E-state index is 0.529. The summed E-state index contributed by atoms with van der Waals surface area (Å²) in [6, 6.07) is 12.5. The number of benzene rings is 1. The van der Waals surface area contributed by atoms with E-state index in [2.05, 4.69) is 49.7 Å². The molecule has 0 aliphatic heterocycles. The van der Waals surface area contributed by atoms with Gasteiger partial charge in [-0.25, -0.2) is 0 Å². The molecule has 0 spiro atoms. The van der Waals surface area contributed by atoms with Gasteiger partial charge in [-0.15, -0.1) is 6.58 Å². The quantitative estimate of drug-likeness (QED) is 0.566. The van der Waals surface area contributed by atoms with Gasteiger partial charge in [0.25, 0.3) is 0 Å². The lowest BCUT2D eigenvalue weighted by molar-refractivity contribution is 0.328. The summed E-state index contributed by atoms with van der Waals surface area (Å²) >= 11 is 0. The Labute approximate surface area is 151 Å². The van der Waals surface area contributed by atoms with Crippen molar-refractivity contribution in [2.75, 3.05) is 6.61 Å². The molecule has 2 aromatic rings. The van der Waals surface area contributed by atoms with Crippen LogP contribution < -0.4 is 4.74 Å². The standard InChI is InChI=1S/C23H27NO/c1-3-5-18-6-8-19(9-7-18)21-12-15-23(24-17-21)20-10-13-22(14-11-20)25-16-4-2/h3-4,10-15,17-19H,1-2,5-9,16H2. The molecule has 1 fully saturated rings. The zero-order valence-corrected chi connectivity index (χ0v) is 14.9. The van der Waals surface area contributed by atoms with Gasteiger partial charge in [-0.1, -0.05) is 24.8 Å². The lowest BCUT2D eigenvalue weighted by Crippen LogP contribution is -2.13. The third-order valence-corrected chi connectivity index (χ3v) is 5.12. The van der Waals surface area contributed by atoms with E-state index in [1.54, 1.807) is 6.08 Å². The van der Waals surface area contributed by atoms with Gasteiger partial charge in [-0.3, -0.25) is 4.98 Å². The van der Waals surface area contributed by atoms with Gasteiger partial charge in [0.15, 0.2) is 0 Å². The van der Waals surface area contributed by atoms with Crippen LogP contribution in [-0.2, 0) is 0 Å². The molecule has 1 aliphatic carbocycles. The Balaban J connectivity index is 1.62. The van der Waals surface area contributed by atoms with E-state index in [9.17, 15) is 0 Å². The molecule has 0 atom stereocenters. The molecule has 0 unspecified atom stereocenters. The van der Waals surface area contributed by atoms with E-state index in [4.69, 9.17) is 9.72 Å². The molecule has 25 heavy (non-hydrogen) atoms. The fraction of sp³-hybridized carbons (Fsp3) is 0.348. The van der Waals surface area contributed by atoms with E-state index >= 15 is 0 Å². The van der Waals surface area contributed by atoms with E-state index in [0.717, 1.165) is 29.3 Å². The molecule has 1 aromatic heterocycles. The summed E-state index contributed by atoms with van der Waals surface area (Å²) in [5.41, 5.74) is 3.51. The summed E-state index contributed by atoms with van der Waals surface area (Å²) in [5, 5.41) is 0. The van der Waals surface area contributed by atoms with E-state index in [1.165, 1.54) is 31.2 Å². The summed E-state index contributed by atoms with van der Waals surface area (Å²) < 4.78 is 5.53. The van der Waals surface area contributed by atoms with Crippen LogP contribution in [0.3, 0.4) is 0 Å². The second-order valence-electron chi connectivity index (χ2n) is 6.84. The Morgan fingerprint density at radius 2 is 1.72 bits per heavy atom. The maximum Gasteiger partial charge on any atom is 0.119 e. The van der Waals surface area contributed by atoms with Crippen molar-refractivity contribution in [1.82, 2.24) is 4.98 Å². The van der Waals surface area contributed by atoms with Crippen LogP contribution in [0.4, 0.5) is 0 Å². The maximum atomic E-state index is 5.53. The normalized spacial score (nSPS) is 20.0. The molecular formula is C23H27NO. The fourth-order valence-electron chi connectivity index (χ4n) is 3.66. The predicted molar refractivity (Wildman–Crippen MR) is 105 cm³/mol. The van der Waals surface area contributed by atoms with Crippen molar-refractivity contribution in [3.8, 4) is 17.0 Å². The van der Waals surface area contributed by atoms with Crippen molar-refractivity contribution in [1.29, 1.82) is 0 Å². The van der Waals surface area contributed by atoms with Crippen LogP contribution in [0, 0.1) is 5.92 Å². The van der Waals surface area contributed by atoms with E-state index in [0.29, 0.717) is 12.5 Å². The second kappa shape index (κ2) is 8.66. The first-order valence-corrected chi connectivity index (χ1v) is 9.21. The van der Waals surface area contributed by atoms with Gasteiger partial charge in [0.2, 0.25) is 0 Å². The summed E-state index contributed by atoms with van der Waals surface area (Å²) in [5.74, 6) is 2.36. The summed E-state index contributed by atoms with van der Waals surface area (Å²) in [7, 11) is 0. The van der Waals surface area contributed by atoms with Gasteiger partial charge < -0.3 is 4.74 Å². The van der Waals surface area contributed by atoms with Crippen molar-refractivity contribution < 1.29 is 4.74 Å². The van der Waals surface area contributed by atoms with Gasteiger partial charge in [-0.05, 0) is 79.8 Å². The molecule has 1 saturated carbocycles. The monoisotopic (exact) mass is 333 g/mol. The topological polar surface area (TPSA) is 22.1 Å². The highest BCUT2D eigenvalue weighted by Crippen LogP contribution is 2.37. The number of hydrogen-bond donors (Lipinski definition) is 0. The first-order chi connectivity index (χ1) is 12.3. The summed E-state index contributed by atoms with van der Waals surface area (Å²) in [6.45, 7) is 8.06. The lowest BCUT2D eigenvalue weighted by Gasteiger charge is -2.28. The molecule has 0 N–H and O–H groups in total. The predicted octanol–water partition coefficient (Wildman–Crippen LogP) is 6.16. The first kappa shape index (κ1) is 17.5. The fourth-order valence-corrected chi connectivity index (χ4v) is 3.66. The van der Waals surface area contributed by atoms with E-state index < -0.39 is 0 Å².